The number of carbonyl (C=O) groups is 1. The molecule has 172 valence electrons. The van der Waals surface area contributed by atoms with E-state index < -0.39 is 23.7 Å². The van der Waals surface area contributed by atoms with Crippen LogP contribution in [0.25, 0.3) is 22.1 Å². The molecule has 0 aliphatic heterocycles. The van der Waals surface area contributed by atoms with Crippen LogP contribution < -0.4 is 10.6 Å². The normalized spacial score (nSPS) is 27.3. The minimum absolute atomic E-state index is 0.229. The molecule has 0 unspecified atom stereocenters. The van der Waals surface area contributed by atoms with Gasteiger partial charge in [0, 0.05) is 31.5 Å². The number of aromatic nitrogens is 4. The van der Waals surface area contributed by atoms with E-state index in [0.717, 1.165) is 11.0 Å². The Labute approximate surface area is 194 Å². The smallest absolute Gasteiger partial charge is 0.229 e. The minimum Gasteiger partial charge on any atom is -0.448 e. The lowest BCUT2D eigenvalue weighted by Gasteiger charge is -2.23. The fraction of sp³-hybridized carbons (Fsp3) is 0.333. The molecule has 5 atom stereocenters. The van der Waals surface area contributed by atoms with Crippen LogP contribution in [0.2, 0.25) is 0 Å². The van der Waals surface area contributed by atoms with Crippen LogP contribution >= 0.6 is 0 Å². The molecule has 2 aliphatic carbocycles. The first-order valence-electron chi connectivity index (χ1n) is 11.0. The summed E-state index contributed by atoms with van der Waals surface area (Å²) >= 11 is 0. The van der Waals surface area contributed by atoms with E-state index in [1.807, 2.05) is 30.3 Å². The van der Waals surface area contributed by atoms with Gasteiger partial charge in [0.25, 0.3) is 0 Å². The van der Waals surface area contributed by atoms with E-state index in [1.165, 1.54) is 7.05 Å². The van der Waals surface area contributed by atoms with Gasteiger partial charge in [-0.3, -0.25) is 4.79 Å². The lowest BCUT2D eigenvalue weighted by molar-refractivity contribution is -0.132. The zero-order valence-electron chi connectivity index (χ0n) is 18.5. The second kappa shape index (κ2) is 7.28. The van der Waals surface area contributed by atoms with Gasteiger partial charge < -0.3 is 29.8 Å². The third-order valence-electron chi connectivity index (χ3n) is 7.02. The van der Waals surface area contributed by atoms with Crippen LogP contribution in [-0.4, -0.2) is 61.9 Å². The van der Waals surface area contributed by atoms with Crippen LogP contribution in [-0.2, 0) is 4.79 Å². The van der Waals surface area contributed by atoms with E-state index in [0.29, 0.717) is 29.2 Å². The van der Waals surface area contributed by atoms with E-state index in [2.05, 4.69) is 37.4 Å². The molecule has 4 aromatic rings. The molecule has 0 bridgehead atoms. The molecule has 4 N–H and O–H groups in total. The number of amides is 1. The van der Waals surface area contributed by atoms with Crippen molar-refractivity contribution in [2.75, 3.05) is 19.4 Å². The van der Waals surface area contributed by atoms with Crippen molar-refractivity contribution in [3.8, 4) is 11.8 Å². The Balaban J connectivity index is 1.41. The highest BCUT2D eigenvalue weighted by Gasteiger charge is 2.75. The highest BCUT2D eigenvalue weighted by Crippen LogP contribution is 2.67. The molecule has 2 saturated carbocycles. The predicted molar refractivity (Wildman–Crippen MR) is 123 cm³/mol. The van der Waals surface area contributed by atoms with Crippen molar-refractivity contribution in [3.63, 3.8) is 0 Å². The van der Waals surface area contributed by atoms with Crippen LogP contribution in [0.4, 0.5) is 5.82 Å². The Kier molecular flexibility index (Phi) is 4.42. The maximum atomic E-state index is 12.5. The SMILES string of the molecule is CNC(=O)[C@@]12C[C@@H]1[C@@H](n1cnc3c(NC)nc(C#Cc4cc5ccccc5o4)nc31)[C@H](O)[C@@H]2O. The Hall–Kier alpha value is -3.94. The molecule has 34 heavy (non-hydrogen) atoms. The molecule has 6 rings (SSSR count). The lowest BCUT2D eigenvalue weighted by Crippen LogP contribution is -2.41. The number of benzene rings is 1. The molecule has 2 fully saturated rings. The molecule has 0 saturated heterocycles. The summed E-state index contributed by atoms with van der Waals surface area (Å²) in [5, 5.41) is 28.1. The zero-order chi connectivity index (χ0) is 23.6. The number of rotatable bonds is 3. The summed E-state index contributed by atoms with van der Waals surface area (Å²) in [7, 11) is 3.26. The number of carbonyl (C=O) groups excluding carboxylic acids is 1. The molecule has 0 radical (unpaired) electrons. The van der Waals surface area contributed by atoms with Gasteiger partial charge in [-0.15, -0.1) is 0 Å². The molecule has 0 spiro atoms. The summed E-state index contributed by atoms with van der Waals surface area (Å²) in [6, 6.07) is 8.95. The molecule has 3 aromatic heterocycles. The third kappa shape index (κ3) is 2.77. The molecule has 2 aliphatic rings. The summed E-state index contributed by atoms with van der Waals surface area (Å²) in [6.07, 6.45) is -0.252. The lowest BCUT2D eigenvalue weighted by atomic mass is 9.98. The van der Waals surface area contributed by atoms with Crippen molar-refractivity contribution in [3.05, 3.63) is 48.2 Å². The van der Waals surface area contributed by atoms with Gasteiger partial charge in [0.2, 0.25) is 11.7 Å². The summed E-state index contributed by atoms with van der Waals surface area (Å²) < 4.78 is 7.48. The van der Waals surface area contributed by atoms with Gasteiger partial charge in [0.15, 0.2) is 22.7 Å². The largest absolute Gasteiger partial charge is 0.448 e. The van der Waals surface area contributed by atoms with Gasteiger partial charge in [-0.2, -0.15) is 0 Å². The molecular formula is C24H22N6O4. The maximum Gasteiger partial charge on any atom is 0.229 e. The number of hydrogen-bond acceptors (Lipinski definition) is 8. The topological polar surface area (TPSA) is 138 Å². The minimum atomic E-state index is -1.17. The first-order chi connectivity index (χ1) is 16.5. The number of para-hydroxylation sites is 1. The number of nitrogens with zero attached hydrogens (tertiary/aromatic N) is 4. The first kappa shape index (κ1) is 20.7. The fourth-order valence-electron chi connectivity index (χ4n) is 5.31. The molecule has 1 aromatic carbocycles. The number of imidazole rings is 1. The Morgan fingerprint density at radius 1 is 1.24 bits per heavy atom. The summed E-state index contributed by atoms with van der Waals surface area (Å²) in [6.45, 7) is 0. The van der Waals surface area contributed by atoms with Crippen molar-refractivity contribution in [2.45, 2.75) is 24.7 Å². The van der Waals surface area contributed by atoms with Gasteiger partial charge in [0.1, 0.15) is 11.7 Å². The highest BCUT2D eigenvalue weighted by atomic mass is 16.3. The first-order valence-corrected chi connectivity index (χ1v) is 11.0. The number of aliphatic hydroxyl groups excluding tert-OH is 2. The number of hydrogen-bond donors (Lipinski definition) is 4. The van der Waals surface area contributed by atoms with Crippen LogP contribution in [0.15, 0.2) is 41.1 Å². The van der Waals surface area contributed by atoms with Gasteiger partial charge in [-0.25, -0.2) is 15.0 Å². The molecule has 10 nitrogen and oxygen atoms in total. The summed E-state index contributed by atoms with van der Waals surface area (Å²) in [4.78, 5) is 26.0. The van der Waals surface area contributed by atoms with Gasteiger partial charge in [-0.05, 0) is 24.3 Å². The number of anilines is 1. The molecule has 1 amide bonds. The summed E-state index contributed by atoms with van der Waals surface area (Å²) in [5.41, 5.74) is 0.730. The highest BCUT2D eigenvalue weighted by molar-refractivity contribution is 5.88. The van der Waals surface area contributed by atoms with E-state index in [-0.39, 0.29) is 17.6 Å². The number of furan rings is 1. The average molecular weight is 458 g/mol. The maximum absolute atomic E-state index is 12.5. The number of aliphatic hydroxyl groups is 2. The molecular weight excluding hydrogens is 436 g/mol. The van der Waals surface area contributed by atoms with E-state index >= 15 is 0 Å². The quantitative estimate of drug-likeness (QED) is 0.334. The Morgan fingerprint density at radius 2 is 2.06 bits per heavy atom. The predicted octanol–water partition coefficient (Wildman–Crippen LogP) is 1.04. The van der Waals surface area contributed by atoms with Crippen LogP contribution in [0.3, 0.4) is 0 Å². The monoisotopic (exact) mass is 458 g/mol. The van der Waals surface area contributed by atoms with Crippen LogP contribution in [0.1, 0.15) is 24.0 Å². The second-order valence-corrected chi connectivity index (χ2v) is 8.72. The van der Waals surface area contributed by atoms with Crippen molar-refractivity contribution in [2.24, 2.45) is 11.3 Å². The average Bonchev–Trinajstić information content (AvgIpc) is 3.13. The number of nitrogens with one attached hydrogen (secondary N) is 2. The van der Waals surface area contributed by atoms with E-state index in [1.54, 1.807) is 17.9 Å². The van der Waals surface area contributed by atoms with Crippen LogP contribution in [0.5, 0.6) is 0 Å². The summed E-state index contributed by atoms with van der Waals surface area (Å²) in [5.74, 6) is 6.65. The Bertz CT molecular complexity index is 1480. The van der Waals surface area contributed by atoms with Crippen LogP contribution in [0, 0.1) is 23.2 Å². The van der Waals surface area contributed by atoms with Crippen molar-refractivity contribution in [1.82, 2.24) is 24.8 Å². The van der Waals surface area contributed by atoms with Crippen molar-refractivity contribution < 1.29 is 19.4 Å². The fourth-order valence-corrected chi connectivity index (χ4v) is 5.31. The van der Waals surface area contributed by atoms with Gasteiger partial charge in [-0.1, -0.05) is 18.2 Å². The van der Waals surface area contributed by atoms with Gasteiger partial charge >= 0.3 is 0 Å². The molecule has 3 heterocycles. The van der Waals surface area contributed by atoms with Gasteiger partial charge in [0.05, 0.1) is 23.9 Å². The molecule has 10 heteroatoms. The second-order valence-electron chi connectivity index (χ2n) is 8.72. The van der Waals surface area contributed by atoms with E-state index in [9.17, 15) is 15.0 Å². The zero-order valence-corrected chi connectivity index (χ0v) is 18.5. The van der Waals surface area contributed by atoms with Crippen molar-refractivity contribution >= 4 is 33.9 Å². The third-order valence-corrected chi connectivity index (χ3v) is 7.02. The van der Waals surface area contributed by atoms with Crippen molar-refractivity contribution in [1.29, 1.82) is 0 Å². The Morgan fingerprint density at radius 3 is 2.82 bits per heavy atom. The van der Waals surface area contributed by atoms with E-state index in [4.69, 9.17) is 4.42 Å². The standard InChI is InChI=1S/C24H22N6O4/c1-25-21-17-22(29-16(28-21)8-7-13-9-12-5-3-4-6-15(12)34-13)30(11-27-17)18-14-10-24(14,23(33)26-2)20(32)19(18)31/h3-6,9,11,14,18-20,31-32H,10H2,1-2H3,(H,26,33)(H,25,28,29)/t14-,18-,19+,20+,24+/m1/s1. The number of fused-ring (bicyclic) bond motifs is 3.